The van der Waals surface area contributed by atoms with Crippen molar-refractivity contribution < 1.29 is 23.1 Å². The van der Waals surface area contributed by atoms with Crippen molar-refractivity contribution in [1.82, 2.24) is 19.8 Å². The molecule has 12 heteroatoms. The highest BCUT2D eigenvalue weighted by Gasteiger charge is 2.23. The lowest BCUT2D eigenvalue weighted by molar-refractivity contribution is 0.0526. The fourth-order valence-electron chi connectivity index (χ4n) is 2.38. The number of hydrogen-bond donors (Lipinski definition) is 1. The Morgan fingerprint density at radius 1 is 1.10 bits per heavy atom. The first-order chi connectivity index (χ1) is 13.8. The Bertz CT molecular complexity index is 1110. The maximum Gasteiger partial charge on any atom is 0.377 e. The zero-order valence-corrected chi connectivity index (χ0v) is 15.0. The Labute approximate surface area is 161 Å². The number of carbonyl (C=O) groups excluding carboxylic acids is 2. The minimum atomic E-state index is -1.22. The minimum absolute atomic E-state index is 0.113. The van der Waals surface area contributed by atoms with E-state index in [1.54, 1.807) is 6.92 Å². The van der Waals surface area contributed by atoms with Gasteiger partial charge in [-0.2, -0.15) is 4.68 Å². The first-order valence-electron chi connectivity index (χ1n) is 8.21. The third-order valence-corrected chi connectivity index (χ3v) is 3.77. The summed E-state index contributed by atoms with van der Waals surface area (Å²) >= 11 is 0. The number of aromatic nitrogens is 4. The molecule has 0 atom stereocenters. The molecule has 2 aromatic carbocycles. The van der Waals surface area contributed by atoms with Gasteiger partial charge in [0, 0.05) is 0 Å². The molecule has 0 bridgehead atoms. The number of hydrazine groups is 1. The topological polar surface area (TPSA) is 125 Å². The first-order valence-corrected chi connectivity index (χ1v) is 8.21. The van der Waals surface area contributed by atoms with Crippen LogP contribution in [0.3, 0.4) is 0 Å². The van der Waals surface area contributed by atoms with Gasteiger partial charge in [-0.25, -0.2) is 34.0 Å². The summed E-state index contributed by atoms with van der Waals surface area (Å²) in [7, 11) is 0. The van der Waals surface area contributed by atoms with Crippen LogP contribution in [-0.2, 0) is 4.74 Å². The average molecular weight is 404 g/mol. The minimum Gasteiger partial charge on any atom is -0.462 e. The molecule has 3 aromatic rings. The molecule has 1 amide bonds. The molecule has 0 spiro atoms. The maximum atomic E-state index is 13.9. The molecule has 0 aliphatic heterocycles. The van der Waals surface area contributed by atoms with E-state index in [1.165, 1.54) is 24.3 Å². The number of rotatable bonds is 4. The Kier molecular flexibility index (Phi) is 5.45. The number of carbonyl (C=O) groups is 2. The number of benzene rings is 2. The highest BCUT2D eigenvalue weighted by Crippen LogP contribution is 2.16. The lowest BCUT2D eigenvalue weighted by Gasteiger charge is -2.15. The molecule has 0 unspecified atom stereocenters. The highest BCUT2D eigenvalue weighted by molar-refractivity contribution is 5.93. The predicted octanol–water partition coefficient (Wildman–Crippen LogP) is 1.23. The van der Waals surface area contributed by atoms with E-state index >= 15 is 0 Å². The van der Waals surface area contributed by atoms with Crippen molar-refractivity contribution in [2.45, 2.75) is 6.92 Å². The second-order valence-corrected chi connectivity index (χ2v) is 5.58. The van der Waals surface area contributed by atoms with Crippen molar-refractivity contribution in [2.75, 3.05) is 11.6 Å². The first kappa shape index (κ1) is 19.8. The second-order valence-electron chi connectivity index (χ2n) is 5.58. The average Bonchev–Trinajstić information content (AvgIpc) is 3.08. The molecular weight excluding hydrogens is 390 g/mol. The van der Waals surface area contributed by atoms with Crippen molar-refractivity contribution in [3.8, 4) is 5.69 Å². The molecule has 0 saturated carbocycles. The van der Waals surface area contributed by atoms with E-state index in [0.717, 1.165) is 18.2 Å². The molecule has 29 heavy (non-hydrogen) atoms. The molecule has 0 radical (unpaired) electrons. The quantitative estimate of drug-likeness (QED) is 0.228. The number of hydrogen-bond acceptors (Lipinski definition) is 7. The van der Waals surface area contributed by atoms with Gasteiger partial charge in [0.15, 0.2) is 11.6 Å². The summed E-state index contributed by atoms with van der Waals surface area (Å²) in [6.45, 7) is 1.86. The maximum absolute atomic E-state index is 13.9. The van der Waals surface area contributed by atoms with Crippen LogP contribution in [0.25, 0.3) is 5.69 Å². The van der Waals surface area contributed by atoms with Gasteiger partial charge in [-0.15, -0.1) is 4.68 Å². The smallest absolute Gasteiger partial charge is 0.377 e. The number of nitrogens with two attached hydrogens (primary N) is 1. The molecule has 0 aliphatic carbocycles. The number of para-hydroxylation sites is 1. The van der Waals surface area contributed by atoms with E-state index in [4.69, 9.17) is 10.6 Å². The summed E-state index contributed by atoms with van der Waals surface area (Å²) < 4.78 is 33.1. The van der Waals surface area contributed by atoms with Gasteiger partial charge < -0.3 is 4.74 Å². The summed E-state index contributed by atoms with van der Waals surface area (Å²) in [4.78, 5) is 36.5. The summed E-state index contributed by atoms with van der Waals surface area (Å²) in [5.41, 5.74) is -1.66. The van der Waals surface area contributed by atoms with Crippen molar-refractivity contribution >= 4 is 17.7 Å². The summed E-state index contributed by atoms with van der Waals surface area (Å²) in [6, 6.07) is 7.24. The van der Waals surface area contributed by atoms with Gasteiger partial charge in [-0.1, -0.05) is 6.07 Å². The summed E-state index contributed by atoms with van der Waals surface area (Å²) in [6.07, 6.45) is 0. The summed E-state index contributed by atoms with van der Waals surface area (Å²) in [5.74, 6) is 3.03. The lowest BCUT2D eigenvalue weighted by atomic mass is 10.2. The molecule has 1 aromatic heterocycles. The van der Waals surface area contributed by atoms with Crippen molar-refractivity contribution in [2.24, 2.45) is 5.84 Å². The number of amides is 1. The van der Waals surface area contributed by atoms with E-state index < -0.39 is 35.0 Å². The molecule has 1 heterocycles. The summed E-state index contributed by atoms with van der Waals surface area (Å²) in [5, 5.41) is 7.23. The van der Waals surface area contributed by atoms with Gasteiger partial charge in [0.05, 0.1) is 17.9 Å². The Balaban J connectivity index is 1.89. The molecule has 150 valence electrons. The van der Waals surface area contributed by atoms with Crippen LogP contribution in [0.1, 0.15) is 17.3 Å². The van der Waals surface area contributed by atoms with Gasteiger partial charge in [0.1, 0.15) is 5.69 Å². The Hall–Kier alpha value is -3.93. The third-order valence-electron chi connectivity index (χ3n) is 3.77. The number of tetrazole rings is 1. The SMILES string of the molecule is CCOC(=O)c1ccc(N(N)C(=O)n2nnn(-c3c(F)cccc3F)c2=O)cc1. The molecule has 0 aliphatic rings. The van der Waals surface area contributed by atoms with Crippen LogP contribution in [-0.4, -0.2) is 38.4 Å². The van der Waals surface area contributed by atoms with Crippen LogP contribution < -0.4 is 16.5 Å². The van der Waals surface area contributed by atoms with Gasteiger partial charge in [0.25, 0.3) is 0 Å². The van der Waals surface area contributed by atoms with Crippen LogP contribution in [0.15, 0.2) is 47.3 Å². The third kappa shape index (κ3) is 3.73. The number of ether oxygens (including phenoxy) is 1. The predicted molar refractivity (Wildman–Crippen MR) is 95.4 cm³/mol. The standard InChI is InChI=1S/C17H14F2N6O4/c1-2-29-15(26)10-6-8-11(9-7-10)23(20)16(27)25-17(28)24(21-22-25)14-12(18)4-3-5-13(14)19/h3-9H,2,20H2,1H3. The Morgan fingerprint density at radius 3 is 2.31 bits per heavy atom. The van der Waals surface area contributed by atoms with Crippen LogP contribution >= 0.6 is 0 Å². The van der Waals surface area contributed by atoms with Crippen molar-refractivity contribution in [3.63, 3.8) is 0 Å². The van der Waals surface area contributed by atoms with Crippen LogP contribution in [0, 0.1) is 11.6 Å². The van der Waals surface area contributed by atoms with Gasteiger partial charge in [0.2, 0.25) is 0 Å². The largest absolute Gasteiger partial charge is 0.462 e. The van der Waals surface area contributed by atoms with E-state index in [2.05, 4.69) is 10.4 Å². The van der Waals surface area contributed by atoms with Gasteiger partial charge >= 0.3 is 17.7 Å². The molecule has 0 saturated heterocycles. The van der Waals surface area contributed by atoms with E-state index in [9.17, 15) is 23.2 Å². The number of nitrogens with zero attached hydrogens (tertiary/aromatic N) is 5. The molecule has 3 rings (SSSR count). The fraction of sp³-hybridized carbons (Fsp3) is 0.118. The van der Waals surface area contributed by atoms with Crippen molar-refractivity contribution in [1.29, 1.82) is 0 Å². The van der Waals surface area contributed by atoms with Gasteiger partial charge in [-0.3, -0.25) is 0 Å². The van der Waals surface area contributed by atoms with Gasteiger partial charge in [-0.05, 0) is 53.7 Å². The number of anilines is 1. The molecular formula is C17H14F2N6O4. The van der Waals surface area contributed by atoms with Crippen molar-refractivity contribution in [3.05, 3.63) is 70.1 Å². The monoisotopic (exact) mass is 404 g/mol. The highest BCUT2D eigenvalue weighted by atomic mass is 19.1. The fourth-order valence-corrected chi connectivity index (χ4v) is 2.38. The molecule has 10 nitrogen and oxygen atoms in total. The van der Waals surface area contributed by atoms with Crippen LogP contribution in [0.2, 0.25) is 0 Å². The normalized spacial score (nSPS) is 10.6. The second kappa shape index (κ2) is 7.98. The van der Waals surface area contributed by atoms with E-state index in [0.29, 0.717) is 9.69 Å². The van der Waals surface area contributed by atoms with E-state index in [1.807, 2.05) is 0 Å². The molecule has 0 fully saturated rings. The lowest BCUT2D eigenvalue weighted by Crippen LogP contribution is -2.45. The van der Waals surface area contributed by atoms with Crippen LogP contribution in [0.5, 0.6) is 0 Å². The molecule has 2 N–H and O–H groups in total. The zero-order chi connectivity index (χ0) is 21.1. The van der Waals surface area contributed by atoms with E-state index in [-0.39, 0.29) is 22.5 Å². The van der Waals surface area contributed by atoms with Crippen LogP contribution in [0.4, 0.5) is 19.3 Å². The zero-order valence-electron chi connectivity index (χ0n) is 15.0. The number of esters is 1. The number of halogens is 2. The Morgan fingerprint density at radius 2 is 1.72 bits per heavy atom.